The SMILES string of the molecule is C[C@H]1C/C=C\[C@H](O)[C@@H]2CC[C@H]2CN2C[C@@]3(CCCc4cc(Cl)ccc43)COc3ccc(cc32)C(=O)NS(=O)(=O)[C@H]1C[C@H]1CCCO1.C[C@H]1C/C=C\[C@H](O)[C@@H]2CC[C@H]2CN2C[C@@]3(CCCc4cc(Cl)ccc43)COc3ccc(cc32)C(=O)NS(=O)(=O)[C@H]1C[C@H]1CCCO1. The summed E-state index contributed by atoms with van der Waals surface area (Å²) in [4.78, 5) is 32.1. The number of aliphatic hydroxyl groups is 2. The molecule has 4 bridgehead atoms. The molecule has 4 aliphatic carbocycles. The molecule has 0 unspecified atom stereocenters. The van der Waals surface area contributed by atoms with E-state index in [-0.39, 0.29) is 69.7 Å². The first-order valence-electron chi connectivity index (χ1n) is 33.9. The second-order valence-corrected chi connectivity index (χ2v) is 33.3. The van der Waals surface area contributed by atoms with E-state index in [0.717, 1.165) is 111 Å². The molecule has 0 radical (unpaired) electrons. The van der Waals surface area contributed by atoms with Crippen LogP contribution in [0.25, 0.3) is 0 Å². The summed E-state index contributed by atoms with van der Waals surface area (Å²) in [6, 6.07) is 22.9. The highest BCUT2D eigenvalue weighted by molar-refractivity contribution is 7.91. The van der Waals surface area contributed by atoms with E-state index in [4.69, 9.17) is 42.1 Å². The van der Waals surface area contributed by atoms with E-state index in [1.807, 2.05) is 50.3 Å². The van der Waals surface area contributed by atoms with Gasteiger partial charge in [0.1, 0.15) is 11.5 Å². The molecule has 20 heteroatoms. The molecule has 92 heavy (non-hydrogen) atoms. The van der Waals surface area contributed by atoms with E-state index in [1.165, 1.54) is 22.3 Å². The van der Waals surface area contributed by atoms with Gasteiger partial charge in [-0.05, 0) is 234 Å². The third-order valence-electron chi connectivity index (χ3n) is 22.6. The highest BCUT2D eigenvalue weighted by Crippen LogP contribution is 2.50. The lowest BCUT2D eigenvalue weighted by molar-refractivity contribution is 0.0454. The van der Waals surface area contributed by atoms with Gasteiger partial charge in [-0.1, -0.05) is 73.5 Å². The third kappa shape index (κ3) is 13.7. The fourth-order valence-corrected chi connectivity index (χ4v) is 20.9. The second-order valence-electron chi connectivity index (χ2n) is 28.6. The minimum absolute atomic E-state index is 0.110. The molecule has 6 aliphatic heterocycles. The number of benzene rings is 4. The molecule has 0 aromatic heterocycles. The van der Waals surface area contributed by atoms with Crippen LogP contribution in [-0.2, 0) is 53.2 Å². The average molecular weight is 1340 g/mol. The zero-order chi connectivity index (χ0) is 64.1. The maximum Gasteiger partial charge on any atom is 0.264 e. The Morgan fingerprint density at radius 3 is 1.39 bits per heavy atom. The van der Waals surface area contributed by atoms with Gasteiger partial charge >= 0.3 is 0 Å². The number of halogens is 2. The Morgan fingerprint density at radius 1 is 0.565 bits per heavy atom. The molecular formula is C72H90Cl2N4O12S2. The van der Waals surface area contributed by atoms with Gasteiger partial charge in [0.05, 0.1) is 59.5 Å². The number of hydrogen-bond donors (Lipinski definition) is 4. The van der Waals surface area contributed by atoms with Gasteiger partial charge in [0.25, 0.3) is 11.8 Å². The topological polar surface area (TPSA) is 210 Å². The number of aliphatic hydroxyl groups excluding tert-OH is 2. The van der Waals surface area contributed by atoms with Crippen LogP contribution in [0.4, 0.5) is 11.4 Å². The third-order valence-corrected chi connectivity index (χ3v) is 26.9. The van der Waals surface area contributed by atoms with Gasteiger partial charge in [-0.3, -0.25) is 9.59 Å². The lowest BCUT2D eigenvalue weighted by atomic mass is 9.68. The first kappa shape index (κ1) is 65.5. The first-order chi connectivity index (χ1) is 44.2. The lowest BCUT2D eigenvalue weighted by Gasteiger charge is -2.45. The smallest absolute Gasteiger partial charge is 0.264 e. The number of hydrogen-bond acceptors (Lipinski definition) is 14. The summed E-state index contributed by atoms with van der Waals surface area (Å²) in [6.07, 6.45) is 20.9. The van der Waals surface area contributed by atoms with Crippen molar-refractivity contribution in [2.75, 3.05) is 62.4 Å². The fraction of sp³-hybridized carbons (Fsp3) is 0.583. The molecule has 14 rings (SSSR count). The van der Waals surface area contributed by atoms with Crippen molar-refractivity contribution in [3.05, 3.63) is 141 Å². The number of fused-ring (bicyclic) bond motifs is 8. The van der Waals surface area contributed by atoms with Crippen LogP contribution >= 0.6 is 23.2 Å². The summed E-state index contributed by atoms with van der Waals surface area (Å²) in [5.74, 6) is 0.299. The summed E-state index contributed by atoms with van der Waals surface area (Å²) >= 11 is 12.8. The molecule has 2 saturated carbocycles. The summed E-state index contributed by atoms with van der Waals surface area (Å²) in [6.45, 7) is 8.84. The fourth-order valence-electron chi connectivity index (χ4n) is 17.1. The highest BCUT2D eigenvalue weighted by atomic mass is 35.5. The molecule has 2 spiro atoms. The molecule has 14 atom stereocenters. The van der Waals surface area contributed by atoms with Crippen molar-refractivity contribution in [1.82, 2.24) is 9.44 Å². The monoisotopic (exact) mass is 1340 g/mol. The number of rotatable bonds is 4. The van der Waals surface area contributed by atoms with Crippen LogP contribution in [0, 0.1) is 35.5 Å². The number of nitrogens with one attached hydrogen (secondary N) is 2. The number of carbonyl (C=O) groups excluding carboxylic acids is 2. The summed E-state index contributed by atoms with van der Waals surface area (Å²) < 4.78 is 85.1. The van der Waals surface area contributed by atoms with Crippen LogP contribution in [0.15, 0.2) is 97.1 Å². The van der Waals surface area contributed by atoms with Crippen molar-refractivity contribution >= 4 is 66.4 Å². The number of anilines is 2. The van der Waals surface area contributed by atoms with E-state index in [1.54, 1.807) is 36.4 Å². The van der Waals surface area contributed by atoms with Crippen LogP contribution < -0.4 is 28.7 Å². The quantitative estimate of drug-likeness (QED) is 0.140. The molecule has 2 amide bonds. The Balaban J connectivity index is 0.000000168. The standard InChI is InChI=1S/2C36H45ClN2O6S/c2*1-23-5-2-8-32(40)29-12-9-26(29)20-39-21-36(15-3-6-24-17-27(37)11-13-30(24)36)22-45-33-14-10-25(18-31(33)39)35(41)38-46(42,43)34(23)19-28-7-4-16-44-28/h2*2,8,10-11,13-14,17-18,23,26,28-29,32,34,40H,3-7,9,12,15-16,19-22H2,1H3,(H,38,41)/b2*8-2-/t2*23-,26-,28+,29+,32-,34-,36-/m00/s1. The molecule has 16 nitrogen and oxygen atoms in total. The number of ether oxygens (including phenoxy) is 4. The predicted octanol–water partition coefficient (Wildman–Crippen LogP) is 11.6. The van der Waals surface area contributed by atoms with E-state index >= 15 is 0 Å². The lowest BCUT2D eigenvalue weighted by Crippen LogP contribution is -2.49. The van der Waals surface area contributed by atoms with Crippen molar-refractivity contribution in [3.63, 3.8) is 0 Å². The highest BCUT2D eigenvalue weighted by Gasteiger charge is 2.48. The number of amides is 2. The van der Waals surface area contributed by atoms with E-state index in [2.05, 4.69) is 43.5 Å². The summed E-state index contributed by atoms with van der Waals surface area (Å²) in [5.41, 5.74) is 6.61. The number of sulfonamides is 2. The number of nitrogens with zero attached hydrogens (tertiary/aromatic N) is 2. The van der Waals surface area contributed by atoms with E-state index < -0.39 is 54.6 Å². The number of carbonyl (C=O) groups is 2. The Kier molecular flexibility index (Phi) is 19.3. The molecule has 4 aromatic carbocycles. The van der Waals surface area contributed by atoms with Crippen molar-refractivity contribution in [2.45, 2.75) is 175 Å². The van der Waals surface area contributed by atoms with Crippen LogP contribution in [0.2, 0.25) is 10.0 Å². The van der Waals surface area contributed by atoms with Gasteiger partial charge in [-0.25, -0.2) is 26.3 Å². The van der Waals surface area contributed by atoms with Crippen LogP contribution in [-0.4, -0.2) is 126 Å². The molecular weight excluding hydrogens is 1250 g/mol. The second kappa shape index (κ2) is 27.1. The van der Waals surface area contributed by atoms with Gasteiger partial charge in [-0.2, -0.15) is 0 Å². The van der Waals surface area contributed by atoms with Crippen molar-refractivity contribution < 1.29 is 55.6 Å². The van der Waals surface area contributed by atoms with Gasteiger partial charge in [0.2, 0.25) is 20.0 Å². The molecule has 4 fully saturated rings. The van der Waals surface area contributed by atoms with Crippen LogP contribution in [0.3, 0.4) is 0 Å². The first-order valence-corrected chi connectivity index (χ1v) is 37.7. The molecule has 10 aliphatic rings. The minimum atomic E-state index is -4.04. The van der Waals surface area contributed by atoms with Gasteiger partial charge in [0, 0.05) is 71.4 Å². The van der Waals surface area contributed by atoms with Gasteiger partial charge < -0.3 is 39.0 Å². The van der Waals surface area contributed by atoms with Crippen molar-refractivity contribution in [1.29, 1.82) is 0 Å². The summed E-state index contributed by atoms with van der Waals surface area (Å²) in [5, 5.41) is 22.5. The Morgan fingerprint density at radius 2 is 1.00 bits per heavy atom. The zero-order valence-electron chi connectivity index (χ0n) is 53.0. The number of aryl methyl sites for hydroxylation is 2. The predicted molar refractivity (Wildman–Crippen MR) is 358 cm³/mol. The Labute approximate surface area is 553 Å². The summed E-state index contributed by atoms with van der Waals surface area (Å²) in [7, 11) is -8.08. The minimum Gasteiger partial charge on any atom is -0.490 e. The zero-order valence-corrected chi connectivity index (χ0v) is 56.1. The van der Waals surface area contributed by atoms with Crippen molar-refractivity contribution in [3.8, 4) is 11.5 Å². The molecule has 496 valence electrons. The van der Waals surface area contributed by atoms with Gasteiger partial charge in [0.15, 0.2) is 0 Å². The average Bonchev–Trinajstić information content (AvgIpc) is 1.51. The van der Waals surface area contributed by atoms with Crippen molar-refractivity contribution in [2.24, 2.45) is 35.5 Å². The number of allylic oxidation sites excluding steroid dienone is 2. The molecule has 4 aromatic rings. The molecule has 4 N–H and O–H groups in total. The maximum atomic E-state index is 13.9. The Hall–Kier alpha value is -5.18. The van der Waals surface area contributed by atoms with Crippen LogP contribution in [0.5, 0.6) is 11.5 Å². The molecule has 2 saturated heterocycles. The largest absolute Gasteiger partial charge is 0.490 e. The van der Waals surface area contributed by atoms with E-state index in [9.17, 15) is 36.6 Å². The Bertz CT molecular complexity index is 3450. The normalized spacial score (nSPS) is 34.8. The van der Waals surface area contributed by atoms with E-state index in [0.29, 0.717) is 89.8 Å². The van der Waals surface area contributed by atoms with Crippen LogP contribution in [0.1, 0.15) is 160 Å². The molecule has 6 heterocycles. The maximum absolute atomic E-state index is 13.9. The van der Waals surface area contributed by atoms with Gasteiger partial charge in [-0.15, -0.1) is 0 Å².